The zero-order valence-electron chi connectivity index (χ0n) is 9.63. The van der Waals surface area contributed by atoms with E-state index in [-0.39, 0.29) is 0 Å². The SMILES string of the molecule is CC(C)C(CN)CNc1cc(Cl)ccc1Cl. The van der Waals surface area contributed by atoms with Crippen LogP contribution in [0.4, 0.5) is 5.69 Å². The molecule has 0 heterocycles. The summed E-state index contributed by atoms with van der Waals surface area (Å²) in [5, 5.41) is 4.66. The molecule has 90 valence electrons. The first kappa shape index (κ1) is 13.6. The van der Waals surface area contributed by atoms with Crippen molar-refractivity contribution in [1.82, 2.24) is 0 Å². The van der Waals surface area contributed by atoms with Crippen LogP contribution in [0.5, 0.6) is 0 Å². The fraction of sp³-hybridized carbons (Fsp3) is 0.500. The summed E-state index contributed by atoms with van der Waals surface area (Å²) in [7, 11) is 0. The highest BCUT2D eigenvalue weighted by Gasteiger charge is 2.11. The Balaban J connectivity index is 2.63. The van der Waals surface area contributed by atoms with E-state index < -0.39 is 0 Å². The van der Waals surface area contributed by atoms with E-state index in [0.717, 1.165) is 12.2 Å². The molecule has 0 fully saturated rings. The normalized spacial score (nSPS) is 12.9. The number of rotatable bonds is 5. The molecule has 0 aliphatic heterocycles. The summed E-state index contributed by atoms with van der Waals surface area (Å²) < 4.78 is 0. The van der Waals surface area contributed by atoms with E-state index in [1.165, 1.54) is 0 Å². The van der Waals surface area contributed by atoms with Crippen LogP contribution in [0.15, 0.2) is 18.2 Å². The van der Waals surface area contributed by atoms with Crippen molar-refractivity contribution < 1.29 is 0 Å². The van der Waals surface area contributed by atoms with E-state index in [1.54, 1.807) is 12.1 Å². The molecule has 1 atom stereocenters. The third-order valence-corrected chi connectivity index (χ3v) is 3.29. The molecule has 2 nitrogen and oxygen atoms in total. The highest BCUT2D eigenvalue weighted by atomic mass is 35.5. The van der Waals surface area contributed by atoms with Crippen molar-refractivity contribution in [2.45, 2.75) is 13.8 Å². The molecule has 1 rings (SSSR count). The van der Waals surface area contributed by atoms with Crippen molar-refractivity contribution in [3.63, 3.8) is 0 Å². The lowest BCUT2D eigenvalue weighted by Crippen LogP contribution is -2.27. The second kappa shape index (κ2) is 6.33. The second-order valence-corrected chi connectivity index (χ2v) is 5.09. The first-order chi connectivity index (χ1) is 7.54. The Kier molecular flexibility index (Phi) is 5.39. The summed E-state index contributed by atoms with van der Waals surface area (Å²) in [6.45, 7) is 5.81. The number of benzene rings is 1. The zero-order valence-corrected chi connectivity index (χ0v) is 11.1. The van der Waals surface area contributed by atoms with Gasteiger partial charge in [0.25, 0.3) is 0 Å². The molecule has 1 unspecified atom stereocenters. The Morgan fingerprint density at radius 2 is 2.00 bits per heavy atom. The molecular weight excluding hydrogens is 243 g/mol. The highest BCUT2D eigenvalue weighted by molar-refractivity contribution is 6.35. The summed E-state index contributed by atoms with van der Waals surface area (Å²) in [5.74, 6) is 0.991. The largest absolute Gasteiger partial charge is 0.383 e. The average molecular weight is 261 g/mol. The summed E-state index contributed by atoms with van der Waals surface area (Å²) in [6, 6.07) is 5.40. The lowest BCUT2D eigenvalue weighted by molar-refractivity contribution is 0.413. The van der Waals surface area contributed by atoms with Gasteiger partial charge in [-0.2, -0.15) is 0 Å². The van der Waals surface area contributed by atoms with Gasteiger partial charge in [0.05, 0.1) is 10.7 Å². The predicted molar refractivity (Wildman–Crippen MR) is 72.3 cm³/mol. The maximum Gasteiger partial charge on any atom is 0.0638 e. The molecule has 3 N–H and O–H groups in total. The number of nitrogens with one attached hydrogen (secondary N) is 1. The van der Waals surface area contributed by atoms with Gasteiger partial charge in [0.15, 0.2) is 0 Å². The Morgan fingerprint density at radius 3 is 2.56 bits per heavy atom. The molecule has 0 bridgehead atoms. The standard InChI is InChI=1S/C12H18Cl2N2/c1-8(2)9(6-15)7-16-12-5-10(13)3-4-11(12)14/h3-5,8-9,16H,6-7,15H2,1-2H3. The number of hydrogen-bond donors (Lipinski definition) is 2. The van der Waals surface area contributed by atoms with Crippen molar-refractivity contribution in [2.75, 3.05) is 18.4 Å². The van der Waals surface area contributed by atoms with Gasteiger partial charge in [-0.3, -0.25) is 0 Å². The van der Waals surface area contributed by atoms with Crippen molar-refractivity contribution in [3.8, 4) is 0 Å². The molecule has 0 saturated heterocycles. The van der Waals surface area contributed by atoms with Gasteiger partial charge in [-0.25, -0.2) is 0 Å². The lowest BCUT2D eigenvalue weighted by Gasteiger charge is -2.20. The minimum Gasteiger partial charge on any atom is -0.383 e. The van der Waals surface area contributed by atoms with E-state index in [2.05, 4.69) is 19.2 Å². The van der Waals surface area contributed by atoms with Crippen molar-refractivity contribution in [1.29, 1.82) is 0 Å². The quantitative estimate of drug-likeness (QED) is 0.849. The minimum atomic E-state index is 0.440. The van der Waals surface area contributed by atoms with Crippen molar-refractivity contribution in [2.24, 2.45) is 17.6 Å². The van der Waals surface area contributed by atoms with Crippen LogP contribution in [0.1, 0.15) is 13.8 Å². The maximum atomic E-state index is 6.05. The summed E-state index contributed by atoms with van der Waals surface area (Å²) in [6.07, 6.45) is 0. The third-order valence-electron chi connectivity index (χ3n) is 2.73. The molecule has 0 radical (unpaired) electrons. The Morgan fingerprint density at radius 1 is 1.31 bits per heavy atom. The summed E-state index contributed by atoms with van der Waals surface area (Å²) in [5.41, 5.74) is 6.58. The minimum absolute atomic E-state index is 0.440. The van der Waals surface area contributed by atoms with Crippen LogP contribution in [0, 0.1) is 11.8 Å². The van der Waals surface area contributed by atoms with Gasteiger partial charge >= 0.3 is 0 Å². The van der Waals surface area contributed by atoms with Crippen LogP contribution >= 0.6 is 23.2 Å². The first-order valence-electron chi connectivity index (χ1n) is 5.43. The number of nitrogens with two attached hydrogens (primary N) is 1. The average Bonchev–Trinajstić information content (AvgIpc) is 2.23. The van der Waals surface area contributed by atoms with Crippen LogP contribution < -0.4 is 11.1 Å². The Labute approximate surface area is 107 Å². The lowest BCUT2D eigenvalue weighted by atomic mass is 9.96. The van der Waals surface area contributed by atoms with Gasteiger partial charge in [-0.05, 0) is 36.6 Å². The predicted octanol–water partition coefficient (Wildman–Crippen LogP) is 3.64. The maximum absolute atomic E-state index is 6.05. The van der Waals surface area contributed by atoms with Crippen LogP contribution in [-0.2, 0) is 0 Å². The van der Waals surface area contributed by atoms with Crippen molar-refractivity contribution in [3.05, 3.63) is 28.2 Å². The molecular formula is C12H18Cl2N2. The molecule has 16 heavy (non-hydrogen) atoms. The van der Waals surface area contributed by atoms with Gasteiger partial charge in [0, 0.05) is 11.6 Å². The molecule has 0 aliphatic carbocycles. The number of anilines is 1. The van der Waals surface area contributed by atoms with Gasteiger partial charge < -0.3 is 11.1 Å². The van der Waals surface area contributed by atoms with Crippen LogP contribution in [-0.4, -0.2) is 13.1 Å². The van der Waals surface area contributed by atoms with Gasteiger partial charge in [0.1, 0.15) is 0 Å². The fourth-order valence-corrected chi connectivity index (χ4v) is 1.82. The van der Waals surface area contributed by atoms with Crippen LogP contribution in [0.25, 0.3) is 0 Å². The summed E-state index contributed by atoms with van der Waals surface area (Å²) in [4.78, 5) is 0. The summed E-state index contributed by atoms with van der Waals surface area (Å²) >= 11 is 12.0. The van der Waals surface area contributed by atoms with E-state index in [9.17, 15) is 0 Å². The molecule has 0 amide bonds. The van der Waals surface area contributed by atoms with Crippen molar-refractivity contribution >= 4 is 28.9 Å². The molecule has 1 aromatic rings. The highest BCUT2D eigenvalue weighted by Crippen LogP contribution is 2.25. The number of halogens is 2. The second-order valence-electron chi connectivity index (χ2n) is 4.24. The smallest absolute Gasteiger partial charge is 0.0638 e. The fourth-order valence-electron chi connectivity index (χ4n) is 1.47. The van der Waals surface area contributed by atoms with Gasteiger partial charge in [-0.1, -0.05) is 37.0 Å². The van der Waals surface area contributed by atoms with E-state index in [4.69, 9.17) is 28.9 Å². The molecule has 0 aromatic heterocycles. The monoisotopic (exact) mass is 260 g/mol. The number of hydrogen-bond acceptors (Lipinski definition) is 2. The van der Waals surface area contributed by atoms with Crippen LogP contribution in [0.3, 0.4) is 0 Å². The third kappa shape index (κ3) is 3.85. The Bertz CT molecular complexity index is 340. The zero-order chi connectivity index (χ0) is 12.1. The molecule has 1 aromatic carbocycles. The van der Waals surface area contributed by atoms with Gasteiger partial charge in [-0.15, -0.1) is 0 Å². The van der Waals surface area contributed by atoms with Gasteiger partial charge in [0.2, 0.25) is 0 Å². The van der Waals surface area contributed by atoms with E-state index in [0.29, 0.717) is 28.4 Å². The van der Waals surface area contributed by atoms with E-state index in [1.807, 2.05) is 6.07 Å². The molecule has 4 heteroatoms. The molecule has 0 saturated carbocycles. The van der Waals surface area contributed by atoms with Crippen LogP contribution in [0.2, 0.25) is 10.0 Å². The first-order valence-corrected chi connectivity index (χ1v) is 6.19. The topological polar surface area (TPSA) is 38.0 Å². The Hall–Kier alpha value is -0.440. The molecule has 0 aliphatic rings. The van der Waals surface area contributed by atoms with E-state index >= 15 is 0 Å². The molecule has 0 spiro atoms.